The Kier molecular flexibility index (Phi) is 6.03. The molecule has 0 saturated carbocycles. The molecule has 0 heterocycles. The maximum atomic E-state index is 5.24. The molecule has 0 fully saturated rings. The molecule has 0 atom stereocenters. The van der Waals surface area contributed by atoms with Gasteiger partial charge in [-0.3, -0.25) is 4.99 Å². The third-order valence-corrected chi connectivity index (χ3v) is 3.76. The van der Waals surface area contributed by atoms with Crippen molar-refractivity contribution in [2.75, 3.05) is 14.2 Å². The van der Waals surface area contributed by atoms with E-state index in [0.29, 0.717) is 6.54 Å². The SMILES string of the molecule is CN=C(NCc1cccc(OC)c1)NCc1ccc(C)cc1C. The zero-order chi connectivity index (χ0) is 16.7. The monoisotopic (exact) mass is 311 g/mol. The normalized spacial score (nSPS) is 11.2. The molecule has 0 amide bonds. The van der Waals surface area contributed by atoms with Crippen LogP contribution < -0.4 is 15.4 Å². The van der Waals surface area contributed by atoms with Crippen molar-refractivity contribution in [3.8, 4) is 5.75 Å². The van der Waals surface area contributed by atoms with E-state index in [2.05, 4.69) is 53.7 Å². The molecule has 122 valence electrons. The van der Waals surface area contributed by atoms with Crippen LogP contribution in [0.25, 0.3) is 0 Å². The van der Waals surface area contributed by atoms with Gasteiger partial charge in [0.25, 0.3) is 0 Å². The lowest BCUT2D eigenvalue weighted by molar-refractivity contribution is 0.414. The summed E-state index contributed by atoms with van der Waals surface area (Å²) in [6, 6.07) is 14.5. The predicted molar refractivity (Wildman–Crippen MR) is 95.9 cm³/mol. The molecule has 0 spiro atoms. The van der Waals surface area contributed by atoms with E-state index in [9.17, 15) is 0 Å². The summed E-state index contributed by atoms with van der Waals surface area (Å²) in [5.41, 5.74) is 5.01. The van der Waals surface area contributed by atoms with Crippen molar-refractivity contribution in [1.82, 2.24) is 10.6 Å². The Morgan fingerprint density at radius 3 is 2.52 bits per heavy atom. The van der Waals surface area contributed by atoms with E-state index in [1.807, 2.05) is 18.2 Å². The van der Waals surface area contributed by atoms with Crippen molar-refractivity contribution < 1.29 is 4.74 Å². The highest BCUT2D eigenvalue weighted by Crippen LogP contribution is 2.12. The van der Waals surface area contributed by atoms with E-state index in [0.717, 1.165) is 23.8 Å². The van der Waals surface area contributed by atoms with Crippen LogP contribution in [0.1, 0.15) is 22.3 Å². The van der Waals surface area contributed by atoms with Crippen molar-refractivity contribution in [2.24, 2.45) is 4.99 Å². The summed E-state index contributed by atoms with van der Waals surface area (Å²) >= 11 is 0. The minimum Gasteiger partial charge on any atom is -0.497 e. The van der Waals surface area contributed by atoms with E-state index in [4.69, 9.17) is 4.74 Å². The van der Waals surface area contributed by atoms with Gasteiger partial charge < -0.3 is 15.4 Å². The lowest BCUT2D eigenvalue weighted by atomic mass is 10.1. The number of ether oxygens (including phenoxy) is 1. The topological polar surface area (TPSA) is 45.7 Å². The van der Waals surface area contributed by atoms with Gasteiger partial charge in [-0.2, -0.15) is 0 Å². The average Bonchev–Trinajstić information content (AvgIpc) is 2.56. The van der Waals surface area contributed by atoms with Gasteiger partial charge in [-0.25, -0.2) is 0 Å². The van der Waals surface area contributed by atoms with Crippen LogP contribution in [-0.4, -0.2) is 20.1 Å². The highest BCUT2D eigenvalue weighted by molar-refractivity contribution is 5.79. The molecule has 23 heavy (non-hydrogen) atoms. The Morgan fingerprint density at radius 1 is 1.04 bits per heavy atom. The molecule has 4 heteroatoms. The molecule has 0 bridgehead atoms. The first-order chi connectivity index (χ1) is 11.1. The lowest BCUT2D eigenvalue weighted by Gasteiger charge is -2.14. The second-order valence-corrected chi connectivity index (χ2v) is 5.56. The minimum absolute atomic E-state index is 0.698. The fraction of sp³-hybridized carbons (Fsp3) is 0.316. The molecule has 0 unspecified atom stereocenters. The third kappa shape index (κ3) is 5.02. The molecular formula is C19H25N3O. The van der Waals surface area contributed by atoms with E-state index in [1.165, 1.54) is 16.7 Å². The van der Waals surface area contributed by atoms with Gasteiger partial charge in [0.1, 0.15) is 5.75 Å². The number of nitrogens with one attached hydrogen (secondary N) is 2. The summed E-state index contributed by atoms with van der Waals surface area (Å²) in [5.74, 6) is 1.65. The maximum Gasteiger partial charge on any atom is 0.191 e. The highest BCUT2D eigenvalue weighted by Gasteiger charge is 2.02. The number of aliphatic imine (C=N–C) groups is 1. The van der Waals surface area contributed by atoms with Crippen molar-refractivity contribution in [3.05, 3.63) is 64.7 Å². The fourth-order valence-electron chi connectivity index (χ4n) is 2.41. The largest absolute Gasteiger partial charge is 0.497 e. The molecule has 2 N–H and O–H groups in total. The molecule has 0 aliphatic carbocycles. The zero-order valence-electron chi connectivity index (χ0n) is 14.3. The van der Waals surface area contributed by atoms with Crippen LogP contribution in [0.2, 0.25) is 0 Å². The van der Waals surface area contributed by atoms with E-state index < -0.39 is 0 Å². The van der Waals surface area contributed by atoms with Crippen molar-refractivity contribution >= 4 is 5.96 Å². The maximum absolute atomic E-state index is 5.24. The third-order valence-electron chi connectivity index (χ3n) is 3.76. The van der Waals surface area contributed by atoms with Crippen LogP contribution in [0.15, 0.2) is 47.5 Å². The second kappa shape index (κ2) is 8.22. The summed E-state index contributed by atoms with van der Waals surface area (Å²) < 4.78 is 5.24. The number of rotatable bonds is 5. The minimum atomic E-state index is 0.698. The van der Waals surface area contributed by atoms with Crippen LogP contribution >= 0.6 is 0 Å². The number of benzene rings is 2. The van der Waals surface area contributed by atoms with Crippen LogP contribution in [0.4, 0.5) is 0 Å². The van der Waals surface area contributed by atoms with E-state index in [1.54, 1.807) is 14.2 Å². The van der Waals surface area contributed by atoms with Gasteiger partial charge in [-0.1, -0.05) is 35.9 Å². The van der Waals surface area contributed by atoms with Crippen molar-refractivity contribution in [2.45, 2.75) is 26.9 Å². The van der Waals surface area contributed by atoms with Crippen LogP contribution in [0.3, 0.4) is 0 Å². The first kappa shape index (κ1) is 16.9. The molecule has 2 rings (SSSR count). The van der Waals surface area contributed by atoms with Gasteiger partial charge in [0.05, 0.1) is 7.11 Å². The highest BCUT2D eigenvalue weighted by atomic mass is 16.5. The first-order valence-electron chi connectivity index (χ1n) is 7.76. The zero-order valence-corrected chi connectivity index (χ0v) is 14.3. The predicted octanol–water partition coefficient (Wildman–Crippen LogP) is 3.18. The molecule has 0 saturated heterocycles. The van der Waals surface area contributed by atoms with Gasteiger partial charge in [0.2, 0.25) is 0 Å². The number of hydrogen-bond donors (Lipinski definition) is 2. The average molecular weight is 311 g/mol. The number of aryl methyl sites for hydroxylation is 2. The summed E-state index contributed by atoms with van der Waals surface area (Å²) in [4.78, 5) is 4.27. The van der Waals surface area contributed by atoms with Gasteiger partial charge in [-0.05, 0) is 42.7 Å². The standard InChI is InChI=1S/C19H25N3O/c1-14-8-9-17(15(2)10-14)13-22-19(20-3)21-12-16-6-5-7-18(11-16)23-4/h5-11H,12-13H2,1-4H3,(H2,20,21,22). The quantitative estimate of drug-likeness (QED) is 0.658. The molecule has 0 aromatic heterocycles. The smallest absolute Gasteiger partial charge is 0.191 e. The van der Waals surface area contributed by atoms with E-state index in [-0.39, 0.29) is 0 Å². The molecule has 0 aliphatic rings. The Balaban J connectivity index is 1.90. The Labute approximate surface area is 138 Å². The summed E-state index contributed by atoms with van der Waals surface area (Å²) in [7, 11) is 3.46. The fourth-order valence-corrected chi connectivity index (χ4v) is 2.41. The molecule has 4 nitrogen and oxygen atoms in total. The van der Waals surface area contributed by atoms with Gasteiger partial charge in [0.15, 0.2) is 5.96 Å². The van der Waals surface area contributed by atoms with Gasteiger partial charge >= 0.3 is 0 Å². The molecule has 0 aliphatic heterocycles. The molecule has 2 aromatic rings. The molecular weight excluding hydrogens is 286 g/mol. The number of methoxy groups -OCH3 is 1. The first-order valence-corrected chi connectivity index (χ1v) is 7.76. The Bertz CT molecular complexity index is 680. The summed E-state index contributed by atoms with van der Waals surface area (Å²) in [5, 5.41) is 6.67. The van der Waals surface area contributed by atoms with Crippen molar-refractivity contribution in [3.63, 3.8) is 0 Å². The van der Waals surface area contributed by atoms with Crippen molar-refractivity contribution in [1.29, 1.82) is 0 Å². The van der Waals surface area contributed by atoms with Gasteiger partial charge in [0, 0.05) is 20.1 Å². The number of nitrogens with zero attached hydrogens (tertiary/aromatic N) is 1. The lowest BCUT2D eigenvalue weighted by Crippen LogP contribution is -2.36. The van der Waals surface area contributed by atoms with Crippen LogP contribution in [0, 0.1) is 13.8 Å². The summed E-state index contributed by atoms with van der Waals surface area (Å²) in [6.07, 6.45) is 0. The van der Waals surface area contributed by atoms with Crippen LogP contribution in [-0.2, 0) is 13.1 Å². The molecule has 2 aromatic carbocycles. The van der Waals surface area contributed by atoms with Crippen LogP contribution in [0.5, 0.6) is 5.75 Å². The Hall–Kier alpha value is -2.49. The number of hydrogen-bond acceptors (Lipinski definition) is 2. The number of guanidine groups is 1. The summed E-state index contributed by atoms with van der Waals surface area (Å²) in [6.45, 7) is 5.70. The van der Waals surface area contributed by atoms with E-state index >= 15 is 0 Å². The second-order valence-electron chi connectivity index (χ2n) is 5.56. The van der Waals surface area contributed by atoms with Gasteiger partial charge in [-0.15, -0.1) is 0 Å². The Morgan fingerprint density at radius 2 is 1.83 bits per heavy atom. The molecule has 0 radical (unpaired) electrons.